The summed E-state index contributed by atoms with van der Waals surface area (Å²) in [6.45, 7) is 2.39. The largest absolute Gasteiger partial charge is 0.469 e. The van der Waals surface area contributed by atoms with Gasteiger partial charge in [-0.05, 0) is 18.6 Å². The van der Waals surface area contributed by atoms with Gasteiger partial charge >= 0.3 is 0 Å². The summed E-state index contributed by atoms with van der Waals surface area (Å²) in [4.78, 5) is 5.54. The molecule has 3 aromatic heterocycles. The predicted molar refractivity (Wildman–Crippen MR) is 113 cm³/mol. The molecule has 0 aliphatic carbocycles. The number of benzene rings is 2. The van der Waals surface area contributed by atoms with Gasteiger partial charge in [-0.1, -0.05) is 60.7 Å². The van der Waals surface area contributed by atoms with Gasteiger partial charge in [0.25, 0.3) is 0 Å². The minimum atomic E-state index is 0.361. The fraction of sp³-hybridized carbons (Fsp3) is 0.0909. The van der Waals surface area contributed by atoms with Gasteiger partial charge in [-0.2, -0.15) is 4.52 Å². The molecule has 3 heterocycles. The first-order chi connectivity index (χ1) is 14.3. The number of thiazole rings is 1. The van der Waals surface area contributed by atoms with Crippen LogP contribution in [0.15, 0.2) is 72.9 Å². The second-order valence-corrected chi connectivity index (χ2v) is 7.86. The Bertz CT molecular complexity index is 1260. The van der Waals surface area contributed by atoms with Gasteiger partial charge in [-0.15, -0.1) is 26.6 Å². The zero-order valence-corrected chi connectivity index (χ0v) is 16.5. The lowest BCUT2D eigenvalue weighted by Crippen LogP contribution is -2.04. The first kappa shape index (κ1) is 17.5. The summed E-state index contributed by atoms with van der Waals surface area (Å²) in [6.07, 6.45) is 1.85. The normalized spacial score (nSPS) is 11.1. The van der Waals surface area contributed by atoms with Crippen molar-refractivity contribution < 1.29 is 4.74 Å². The summed E-state index contributed by atoms with van der Waals surface area (Å²) in [5.74, 6) is 1.20. The van der Waals surface area contributed by atoms with E-state index in [-0.39, 0.29) is 0 Å². The average molecular weight is 399 g/mol. The number of ether oxygens (including phenoxy) is 1. The van der Waals surface area contributed by atoms with Crippen LogP contribution in [-0.4, -0.2) is 24.8 Å². The number of aryl methyl sites for hydroxylation is 1. The maximum Gasteiger partial charge on any atom is 0.240 e. The fourth-order valence-corrected chi connectivity index (χ4v) is 3.81. The quantitative estimate of drug-likeness (QED) is 0.425. The number of hydrogen-bond acceptors (Lipinski definition) is 6. The third kappa shape index (κ3) is 3.48. The number of hydrogen-bond donors (Lipinski definition) is 0. The highest BCUT2D eigenvalue weighted by atomic mass is 32.1. The van der Waals surface area contributed by atoms with Crippen LogP contribution in [0.5, 0.6) is 5.88 Å². The van der Waals surface area contributed by atoms with Gasteiger partial charge in [0.15, 0.2) is 11.5 Å². The molecule has 0 atom stereocenters. The van der Waals surface area contributed by atoms with E-state index in [2.05, 4.69) is 15.2 Å². The molecule has 29 heavy (non-hydrogen) atoms. The molecule has 5 rings (SSSR count). The van der Waals surface area contributed by atoms with Crippen molar-refractivity contribution in [2.75, 3.05) is 0 Å². The Labute approximate surface area is 171 Å². The fourth-order valence-electron chi connectivity index (χ4n) is 3.11. The first-order valence-electron chi connectivity index (χ1n) is 9.19. The van der Waals surface area contributed by atoms with Gasteiger partial charge in [0.05, 0.1) is 0 Å². The number of nitrogens with zero attached hydrogens (tertiary/aromatic N) is 5. The van der Waals surface area contributed by atoms with Crippen LogP contribution in [0.25, 0.3) is 28.2 Å². The van der Waals surface area contributed by atoms with Crippen LogP contribution in [0.1, 0.15) is 9.88 Å². The maximum absolute atomic E-state index is 6.12. The smallest absolute Gasteiger partial charge is 0.240 e. The van der Waals surface area contributed by atoms with Crippen LogP contribution in [-0.2, 0) is 6.61 Å². The van der Waals surface area contributed by atoms with Gasteiger partial charge in [-0.3, -0.25) is 0 Å². The van der Waals surface area contributed by atoms with Crippen molar-refractivity contribution in [1.29, 1.82) is 0 Å². The second kappa shape index (κ2) is 7.44. The van der Waals surface area contributed by atoms with E-state index in [1.807, 2.05) is 79.9 Å². The van der Waals surface area contributed by atoms with Crippen LogP contribution in [0.3, 0.4) is 0 Å². The third-order valence-electron chi connectivity index (χ3n) is 4.48. The molecular formula is C22H17N5OS. The van der Waals surface area contributed by atoms with Crippen molar-refractivity contribution >= 4 is 17.0 Å². The standard InChI is InChI=1S/C22H17N5OS/c1-15-13-23-20(29-15)14-28-22-18(16-8-4-2-5-9-16)12-19-24-25-21(27(19)26-22)17-10-6-3-7-11-17/h2-13H,14H2,1H3. The van der Waals surface area contributed by atoms with Crippen LogP contribution in [0.2, 0.25) is 0 Å². The van der Waals surface area contributed by atoms with E-state index in [0.29, 0.717) is 24.0 Å². The Balaban J connectivity index is 1.62. The van der Waals surface area contributed by atoms with Crippen LogP contribution in [0.4, 0.5) is 0 Å². The molecule has 0 amide bonds. The van der Waals surface area contributed by atoms with E-state index in [4.69, 9.17) is 9.84 Å². The lowest BCUT2D eigenvalue weighted by Gasteiger charge is -2.11. The Kier molecular flexibility index (Phi) is 4.50. The molecule has 6 nitrogen and oxygen atoms in total. The van der Waals surface area contributed by atoms with Gasteiger partial charge in [0.2, 0.25) is 5.88 Å². The molecule has 0 spiro atoms. The molecule has 0 unspecified atom stereocenters. The van der Waals surface area contributed by atoms with Crippen molar-refractivity contribution in [3.63, 3.8) is 0 Å². The van der Waals surface area contributed by atoms with E-state index in [1.165, 1.54) is 0 Å². The third-order valence-corrected chi connectivity index (χ3v) is 5.36. The summed E-state index contributed by atoms with van der Waals surface area (Å²) in [6, 6.07) is 21.9. The molecule has 0 saturated carbocycles. The second-order valence-electron chi connectivity index (χ2n) is 6.54. The molecule has 2 aromatic carbocycles. The summed E-state index contributed by atoms with van der Waals surface area (Å²) >= 11 is 1.62. The van der Waals surface area contributed by atoms with Crippen LogP contribution < -0.4 is 4.74 Å². The Morgan fingerprint density at radius 3 is 2.34 bits per heavy atom. The summed E-state index contributed by atoms with van der Waals surface area (Å²) in [5, 5.41) is 14.3. The molecule has 142 valence electrons. The Morgan fingerprint density at radius 2 is 1.66 bits per heavy atom. The highest BCUT2D eigenvalue weighted by Crippen LogP contribution is 2.31. The lowest BCUT2D eigenvalue weighted by molar-refractivity contribution is 0.290. The average Bonchev–Trinajstić information content (AvgIpc) is 3.38. The highest BCUT2D eigenvalue weighted by Gasteiger charge is 2.16. The van der Waals surface area contributed by atoms with Crippen molar-refractivity contribution in [3.05, 3.63) is 82.8 Å². The molecule has 0 aliphatic rings. The summed E-state index contributed by atoms with van der Waals surface area (Å²) in [5.41, 5.74) is 3.50. The molecular weight excluding hydrogens is 382 g/mol. The lowest BCUT2D eigenvalue weighted by atomic mass is 10.1. The van der Waals surface area contributed by atoms with E-state index >= 15 is 0 Å². The number of fused-ring (bicyclic) bond motifs is 1. The monoisotopic (exact) mass is 399 g/mol. The molecule has 0 bridgehead atoms. The first-order valence-corrected chi connectivity index (χ1v) is 10.0. The zero-order chi connectivity index (χ0) is 19.6. The SMILES string of the molecule is Cc1cnc(COc2nn3c(-c4ccccc4)nnc3cc2-c2ccccc2)s1. The van der Waals surface area contributed by atoms with Crippen molar-refractivity contribution in [2.24, 2.45) is 0 Å². The number of aromatic nitrogens is 5. The van der Waals surface area contributed by atoms with Crippen molar-refractivity contribution in [2.45, 2.75) is 13.5 Å². The van der Waals surface area contributed by atoms with Gasteiger partial charge in [0.1, 0.15) is 11.6 Å². The molecule has 0 N–H and O–H groups in total. The molecule has 0 fully saturated rings. The Hall–Kier alpha value is -3.58. The zero-order valence-electron chi connectivity index (χ0n) is 15.7. The molecule has 0 aliphatic heterocycles. The van der Waals surface area contributed by atoms with E-state index in [1.54, 1.807) is 15.9 Å². The number of rotatable bonds is 5. The minimum Gasteiger partial charge on any atom is -0.469 e. The molecule has 5 aromatic rings. The van der Waals surface area contributed by atoms with Gasteiger partial charge in [0, 0.05) is 22.2 Å². The van der Waals surface area contributed by atoms with Gasteiger partial charge in [-0.25, -0.2) is 4.98 Å². The van der Waals surface area contributed by atoms with E-state index in [9.17, 15) is 0 Å². The predicted octanol–water partition coefficient (Wildman–Crippen LogP) is 4.80. The molecule has 7 heteroatoms. The van der Waals surface area contributed by atoms with Crippen molar-refractivity contribution in [1.82, 2.24) is 24.8 Å². The Morgan fingerprint density at radius 1 is 0.931 bits per heavy atom. The van der Waals surface area contributed by atoms with E-state index < -0.39 is 0 Å². The van der Waals surface area contributed by atoms with Gasteiger partial charge < -0.3 is 4.74 Å². The highest BCUT2D eigenvalue weighted by molar-refractivity contribution is 7.11. The van der Waals surface area contributed by atoms with Crippen molar-refractivity contribution in [3.8, 4) is 28.4 Å². The summed E-state index contributed by atoms with van der Waals surface area (Å²) < 4.78 is 7.85. The molecule has 0 saturated heterocycles. The van der Waals surface area contributed by atoms with Crippen LogP contribution >= 0.6 is 11.3 Å². The maximum atomic E-state index is 6.12. The minimum absolute atomic E-state index is 0.361. The van der Waals surface area contributed by atoms with Crippen LogP contribution in [0, 0.1) is 6.92 Å². The summed E-state index contributed by atoms with van der Waals surface area (Å²) in [7, 11) is 0. The molecule has 0 radical (unpaired) electrons. The van der Waals surface area contributed by atoms with E-state index in [0.717, 1.165) is 26.6 Å². The topological polar surface area (TPSA) is 65.2 Å².